The summed E-state index contributed by atoms with van der Waals surface area (Å²) in [6.45, 7) is 2.30. The number of hydrogen-bond donors (Lipinski definition) is 0. The number of ether oxygens (including phenoxy) is 1. The van der Waals surface area contributed by atoms with Gasteiger partial charge in [0, 0.05) is 5.41 Å². The third-order valence-corrected chi connectivity index (χ3v) is 3.34. The van der Waals surface area contributed by atoms with Crippen LogP contribution >= 0.6 is 0 Å². The lowest BCUT2D eigenvalue weighted by Crippen LogP contribution is -2.21. The van der Waals surface area contributed by atoms with Crippen LogP contribution in [0.4, 0.5) is 0 Å². The van der Waals surface area contributed by atoms with Gasteiger partial charge in [0.05, 0.1) is 12.4 Å². The van der Waals surface area contributed by atoms with E-state index >= 15 is 0 Å². The van der Waals surface area contributed by atoms with E-state index in [1.165, 1.54) is 38.5 Å². The van der Waals surface area contributed by atoms with Gasteiger partial charge in [0.15, 0.2) is 0 Å². The van der Waals surface area contributed by atoms with E-state index in [2.05, 4.69) is 12.2 Å². The van der Waals surface area contributed by atoms with E-state index in [-0.39, 0.29) is 5.41 Å². The standard InChI is InChI=1S/C12H18NO/c1-12(6-4-2-3-5-7-12)11-10-13-8-9-14-11/h8-10H,2-7H2,1H3. The van der Waals surface area contributed by atoms with Gasteiger partial charge in [-0.15, -0.1) is 0 Å². The van der Waals surface area contributed by atoms with E-state index in [1.54, 1.807) is 12.5 Å². The van der Waals surface area contributed by atoms with Crippen molar-refractivity contribution < 1.29 is 4.74 Å². The van der Waals surface area contributed by atoms with Crippen molar-refractivity contribution in [3.8, 4) is 0 Å². The zero-order chi connectivity index (χ0) is 9.86. The molecule has 0 unspecified atom stereocenters. The molecule has 1 saturated carbocycles. The van der Waals surface area contributed by atoms with Crippen molar-refractivity contribution in [3.63, 3.8) is 0 Å². The molecule has 2 nitrogen and oxygen atoms in total. The predicted octanol–water partition coefficient (Wildman–Crippen LogP) is 3.29. The van der Waals surface area contributed by atoms with Gasteiger partial charge in [-0.2, -0.15) is 0 Å². The predicted molar refractivity (Wildman–Crippen MR) is 56.3 cm³/mol. The number of allylic oxidation sites excluding steroid dienone is 1. The molecular weight excluding hydrogens is 174 g/mol. The molecule has 1 radical (unpaired) electrons. The maximum Gasteiger partial charge on any atom is 0.127 e. The molecule has 0 aromatic rings. The second kappa shape index (κ2) is 4.07. The van der Waals surface area contributed by atoms with Crippen LogP contribution in [0.1, 0.15) is 45.4 Å². The second-order valence-corrected chi connectivity index (χ2v) is 4.52. The summed E-state index contributed by atoms with van der Waals surface area (Å²) in [4.78, 5) is 0. The van der Waals surface area contributed by atoms with Crippen molar-refractivity contribution in [3.05, 3.63) is 24.4 Å². The van der Waals surface area contributed by atoms with Gasteiger partial charge in [-0.05, 0) is 12.8 Å². The van der Waals surface area contributed by atoms with Gasteiger partial charge in [0.25, 0.3) is 0 Å². The molecule has 0 atom stereocenters. The molecule has 1 heterocycles. The smallest absolute Gasteiger partial charge is 0.127 e. The van der Waals surface area contributed by atoms with E-state index in [1.807, 2.05) is 6.20 Å². The van der Waals surface area contributed by atoms with Gasteiger partial charge in [-0.1, -0.05) is 32.6 Å². The van der Waals surface area contributed by atoms with Gasteiger partial charge >= 0.3 is 0 Å². The molecule has 77 valence electrons. The molecule has 0 bridgehead atoms. The van der Waals surface area contributed by atoms with Crippen LogP contribution < -0.4 is 5.32 Å². The Morgan fingerprint density at radius 3 is 2.50 bits per heavy atom. The summed E-state index contributed by atoms with van der Waals surface area (Å²) in [7, 11) is 0. The quantitative estimate of drug-likeness (QED) is 0.585. The molecule has 2 aliphatic rings. The Morgan fingerprint density at radius 2 is 1.93 bits per heavy atom. The minimum Gasteiger partial charge on any atom is -0.466 e. The summed E-state index contributed by atoms with van der Waals surface area (Å²) in [6.07, 6.45) is 13.1. The average molecular weight is 192 g/mol. The molecular formula is C12H18NO. The zero-order valence-electron chi connectivity index (χ0n) is 8.83. The molecule has 0 saturated heterocycles. The van der Waals surface area contributed by atoms with Gasteiger partial charge in [0.1, 0.15) is 12.0 Å². The Labute approximate surface area is 86.0 Å². The molecule has 1 fully saturated rings. The first kappa shape index (κ1) is 9.63. The van der Waals surface area contributed by atoms with Crippen LogP contribution in [0.3, 0.4) is 0 Å². The van der Waals surface area contributed by atoms with Crippen molar-refractivity contribution in [2.45, 2.75) is 45.4 Å². The minimum atomic E-state index is 0.227. The third kappa shape index (κ3) is 1.94. The van der Waals surface area contributed by atoms with Gasteiger partial charge in [-0.25, -0.2) is 0 Å². The highest BCUT2D eigenvalue weighted by molar-refractivity contribution is 5.11. The maximum absolute atomic E-state index is 5.56. The fourth-order valence-electron chi connectivity index (χ4n) is 2.33. The molecule has 0 N–H and O–H groups in total. The lowest BCUT2D eigenvalue weighted by molar-refractivity contribution is 0.186. The molecule has 14 heavy (non-hydrogen) atoms. The average Bonchev–Trinajstić information content (AvgIpc) is 2.46. The highest BCUT2D eigenvalue weighted by Gasteiger charge is 2.31. The maximum atomic E-state index is 5.56. The summed E-state index contributed by atoms with van der Waals surface area (Å²) in [5.74, 6) is 1.06. The van der Waals surface area contributed by atoms with Crippen LogP contribution in [0.15, 0.2) is 24.4 Å². The van der Waals surface area contributed by atoms with Gasteiger partial charge in [-0.3, -0.25) is 5.32 Å². The molecule has 0 amide bonds. The summed E-state index contributed by atoms with van der Waals surface area (Å²) >= 11 is 0. The van der Waals surface area contributed by atoms with Gasteiger partial charge < -0.3 is 4.74 Å². The van der Waals surface area contributed by atoms with Crippen molar-refractivity contribution in [1.29, 1.82) is 0 Å². The van der Waals surface area contributed by atoms with Crippen LogP contribution in [-0.2, 0) is 4.74 Å². The molecule has 0 aromatic carbocycles. The lowest BCUT2D eigenvalue weighted by atomic mass is 9.80. The van der Waals surface area contributed by atoms with E-state index in [4.69, 9.17) is 4.74 Å². The van der Waals surface area contributed by atoms with Crippen LogP contribution in [0.5, 0.6) is 0 Å². The fraction of sp³-hybridized carbons (Fsp3) is 0.667. The summed E-state index contributed by atoms with van der Waals surface area (Å²) < 4.78 is 5.56. The second-order valence-electron chi connectivity index (χ2n) is 4.52. The monoisotopic (exact) mass is 192 g/mol. The van der Waals surface area contributed by atoms with Gasteiger partial charge in [0.2, 0.25) is 0 Å². The Kier molecular flexibility index (Phi) is 2.80. The summed E-state index contributed by atoms with van der Waals surface area (Å²) in [6, 6.07) is 0. The highest BCUT2D eigenvalue weighted by Crippen LogP contribution is 2.41. The molecule has 1 aliphatic heterocycles. The van der Waals surface area contributed by atoms with E-state index in [9.17, 15) is 0 Å². The Morgan fingerprint density at radius 1 is 1.21 bits per heavy atom. The Hall–Kier alpha value is -0.920. The van der Waals surface area contributed by atoms with E-state index in [0.29, 0.717) is 0 Å². The van der Waals surface area contributed by atoms with Crippen molar-refractivity contribution >= 4 is 0 Å². The minimum absolute atomic E-state index is 0.227. The molecule has 2 heteroatoms. The lowest BCUT2D eigenvalue weighted by Gasteiger charge is -2.30. The SMILES string of the molecule is CC1(C2=C[N]C=CO2)CCCCCC1. The topological polar surface area (TPSA) is 23.3 Å². The van der Waals surface area contributed by atoms with Crippen LogP contribution in [0.2, 0.25) is 0 Å². The van der Waals surface area contributed by atoms with E-state index < -0.39 is 0 Å². The summed E-state index contributed by atoms with van der Waals surface area (Å²) in [5.41, 5.74) is 0.227. The third-order valence-electron chi connectivity index (χ3n) is 3.34. The first-order valence-corrected chi connectivity index (χ1v) is 5.54. The highest BCUT2D eigenvalue weighted by atomic mass is 16.5. The zero-order valence-corrected chi connectivity index (χ0v) is 8.83. The van der Waals surface area contributed by atoms with Crippen molar-refractivity contribution in [2.75, 3.05) is 0 Å². The number of hydrogen-bond acceptors (Lipinski definition) is 1. The number of rotatable bonds is 1. The largest absolute Gasteiger partial charge is 0.466 e. The summed E-state index contributed by atoms with van der Waals surface area (Å²) in [5, 5.41) is 4.14. The Bertz CT molecular complexity index is 247. The van der Waals surface area contributed by atoms with E-state index in [0.717, 1.165) is 5.76 Å². The number of nitrogens with zero attached hydrogens (tertiary/aromatic N) is 1. The molecule has 0 aromatic heterocycles. The van der Waals surface area contributed by atoms with Crippen LogP contribution in [0.25, 0.3) is 0 Å². The Balaban J connectivity index is 2.08. The van der Waals surface area contributed by atoms with Crippen LogP contribution in [-0.4, -0.2) is 0 Å². The molecule has 1 aliphatic carbocycles. The molecule has 0 spiro atoms. The first-order chi connectivity index (χ1) is 6.81. The fourth-order valence-corrected chi connectivity index (χ4v) is 2.33. The molecule has 2 rings (SSSR count). The van der Waals surface area contributed by atoms with Crippen LogP contribution in [0, 0.1) is 5.41 Å². The first-order valence-electron chi connectivity index (χ1n) is 5.54. The van der Waals surface area contributed by atoms with Crippen molar-refractivity contribution in [2.24, 2.45) is 5.41 Å². The normalized spacial score (nSPS) is 25.6. The van der Waals surface area contributed by atoms with Crippen molar-refractivity contribution in [1.82, 2.24) is 5.32 Å².